The maximum Gasteiger partial charge on any atom is 0.407 e. The van der Waals surface area contributed by atoms with E-state index >= 15 is 0 Å². The molecule has 0 aliphatic heterocycles. The summed E-state index contributed by atoms with van der Waals surface area (Å²) in [6, 6.07) is 13.8. The number of alkyl halides is 2. The van der Waals surface area contributed by atoms with Crippen molar-refractivity contribution in [3.05, 3.63) is 59.7 Å². The average Bonchev–Trinajstić information content (AvgIpc) is 3.04. The second-order valence-electron chi connectivity index (χ2n) is 6.92. The summed E-state index contributed by atoms with van der Waals surface area (Å²) in [6.07, 6.45) is -1.10. The lowest BCUT2D eigenvalue weighted by molar-refractivity contribution is -0.150. The van der Waals surface area contributed by atoms with Crippen molar-refractivity contribution in [3.63, 3.8) is 0 Å². The molecule has 9 heteroatoms. The number of benzene rings is 2. The second kappa shape index (κ2) is 8.48. The van der Waals surface area contributed by atoms with E-state index < -0.39 is 36.5 Å². The van der Waals surface area contributed by atoms with Gasteiger partial charge in [-0.3, -0.25) is 9.59 Å². The van der Waals surface area contributed by atoms with Gasteiger partial charge in [-0.25, -0.2) is 4.79 Å². The predicted molar refractivity (Wildman–Crippen MR) is 103 cm³/mol. The normalized spacial score (nSPS) is 13.7. The van der Waals surface area contributed by atoms with Crippen molar-refractivity contribution in [2.45, 2.75) is 24.8 Å². The van der Waals surface area contributed by atoms with E-state index in [1.54, 1.807) is 5.32 Å². The molecule has 0 saturated heterocycles. The number of hydrogen-bond donors (Lipinski definition) is 3. The van der Waals surface area contributed by atoms with E-state index in [0.29, 0.717) is 0 Å². The minimum Gasteiger partial charge on any atom is -0.480 e. The number of ether oxygens (including phenoxy) is 1. The summed E-state index contributed by atoms with van der Waals surface area (Å²) in [4.78, 5) is 34.1. The van der Waals surface area contributed by atoms with E-state index in [1.807, 2.05) is 53.8 Å². The Labute approximate surface area is 171 Å². The molecule has 0 aromatic heterocycles. The Morgan fingerprint density at radius 3 is 2.13 bits per heavy atom. The molecule has 3 rings (SSSR count). The number of carboxylic acid groups (broad SMARTS) is 1. The number of carbonyl (C=O) groups is 3. The van der Waals surface area contributed by atoms with Gasteiger partial charge >= 0.3 is 18.0 Å². The Hall–Kier alpha value is -3.49. The lowest BCUT2D eigenvalue weighted by Gasteiger charge is -2.19. The van der Waals surface area contributed by atoms with Gasteiger partial charge in [0, 0.05) is 5.92 Å². The number of amides is 2. The molecule has 2 aromatic carbocycles. The van der Waals surface area contributed by atoms with Crippen molar-refractivity contribution in [3.8, 4) is 11.1 Å². The molecule has 0 bridgehead atoms. The Balaban J connectivity index is 1.58. The fourth-order valence-electron chi connectivity index (χ4n) is 3.28. The molecule has 7 nitrogen and oxygen atoms in total. The second-order valence-corrected chi connectivity index (χ2v) is 6.92. The van der Waals surface area contributed by atoms with E-state index in [2.05, 4.69) is 0 Å². The van der Waals surface area contributed by atoms with Crippen LogP contribution in [0.1, 0.15) is 24.0 Å². The van der Waals surface area contributed by atoms with Gasteiger partial charge in [0.05, 0.1) is 6.54 Å². The Morgan fingerprint density at radius 1 is 1.07 bits per heavy atom. The number of carbonyl (C=O) groups excluding carboxylic acids is 2. The first-order valence-corrected chi connectivity index (χ1v) is 9.21. The monoisotopic (exact) mass is 418 g/mol. The standard InChI is InChI=1S/C21H20F2N2O5/c1-12(18(26)27)25-19(28)21(22,23)11-24-20(29)30-10-17-15-8-4-2-6-13(15)14-7-3-5-9-16(14)17/h2-9,12,17H,10-11H2,1H3,(H,24,29)(H,25,28)(H,26,27). The molecular formula is C21H20F2N2O5. The van der Waals surface area contributed by atoms with E-state index in [-0.39, 0.29) is 12.5 Å². The maximum absolute atomic E-state index is 13.9. The molecule has 3 N–H and O–H groups in total. The summed E-state index contributed by atoms with van der Waals surface area (Å²) < 4.78 is 32.8. The highest BCUT2D eigenvalue weighted by Gasteiger charge is 2.40. The quantitative estimate of drug-likeness (QED) is 0.641. The van der Waals surface area contributed by atoms with Crippen LogP contribution in [-0.2, 0) is 14.3 Å². The van der Waals surface area contributed by atoms with Gasteiger partial charge in [-0.15, -0.1) is 0 Å². The van der Waals surface area contributed by atoms with Gasteiger partial charge in [0.25, 0.3) is 5.91 Å². The lowest BCUT2D eigenvalue weighted by atomic mass is 9.98. The zero-order chi connectivity index (χ0) is 21.9. The minimum absolute atomic E-state index is 0.0618. The van der Waals surface area contributed by atoms with Gasteiger partial charge in [0.2, 0.25) is 0 Å². The Kier molecular flexibility index (Phi) is 6.00. The van der Waals surface area contributed by atoms with Crippen LogP contribution in [0.25, 0.3) is 11.1 Å². The van der Waals surface area contributed by atoms with Crippen molar-refractivity contribution in [1.29, 1.82) is 0 Å². The van der Waals surface area contributed by atoms with Gasteiger partial charge in [-0.05, 0) is 29.2 Å². The molecule has 30 heavy (non-hydrogen) atoms. The molecular weight excluding hydrogens is 398 g/mol. The van der Waals surface area contributed by atoms with E-state index in [4.69, 9.17) is 9.84 Å². The molecule has 0 heterocycles. The zero-order valence-electron chi connectivity index (χ0n) is 16.0. The first-order chi connectivity index (χ1) is 14.2. The number of hydrogen-bond acceptors (Lipinski definition) is 4. The first kappa shape index (κ1) is 21.2. The summed E-state index contributed by atoms with van der Waals surface area (Å²) in [6.45, 7) is -0.329. The van der Waals surface area contributed by atoms with Crippen molar-refractivity contribution in [2.24, 2.45) is 0 Å². The van der Waals surface area contributed by atoms with Gasteiger partial charge in [0.1, 0.15) is 12.6 Å². The van der Waals surface area contributed by atoms with Crippen LogP contribution in [0.15, 0.2) is 48.5 Å². The third kappa shape index (κ3) is 4.40. The zero-order valence-corrected chi connectivity index (χ0v) is 16.0. The maximum atomic E-state index is 13.9. The number of nitrogens with one attached hydrogen (secondary N) is 2. The topological polar surface area (TPSA) is 105 Å². The van der Waals surface area contributed by atoms with Gasteiger partial charge in [-0.2, -0.15) is 8.78 Å². The van der Waals surface area contributed by atoms with E-state index in [0.717, 1.165) is 29.2 Å². The molecule has 158 valence electrons. The van der Waals surface area contributed by atoms with Crippen LogP contribution in [0.5, 0.6) is 0 Å². The van der Waals surface area contributed by atoms with Crippen LogP contribution < -0.4 is 10.6 Å². The average molecular weight is 418 g/mol. The molecule has 1 unspecified atom stereocenters. The number of carboxylic acids is 1. The highest BCUT2D eigenvalue weighted by molar-refractivity contribution is 5.88. The highest BCUT2D eigenvalue weighted by Crippen LogP contribution is 2.44. The largest absolute Gasteiger partial charge is 0.480 e. The van der Waals surface area contributed by atoms with Crippen molar-refractivity contribution >= 4 is 18.0 Å². The first-order valence-electron chi connectivity index (χ1n) is 9.21. The molecule has 0 fully saturated rings. The lowest BCUT2D eigenvalue weighted by Crippen LogP contribution is -2.52. The smallest absolute Gasteiger partial charge is 0.407 e. The van der Waals surface area contributed by atoms with Crippen LogP contribution in [0.4, 0.5) is 13.6 Å². The summed E-state index contributed by atoms with van der Waals surface area (Å²) in [5.74, 6) is -7.47. The number of halogens is 2. The number of rotatable bonds is 7. The SMILES string of the molecule is CC(NC(=O)C(F)(F)CNC(=O)OCC1c2ccccc2-c2ccccc21)C(=O)O. The number of alkyl carbamates (subject to hydrolysis) is 1. The summed E-state index contributed by atoms with van der Waals surface area (Å²) >= 11 is 0. The predicted octanol–water partition coefficient (Wildman–Crippen LogP) is 2.75. The van der Waals surface area contributed by atoms with Crippen LogP contribution in [-0.4, -0.2) is 48.2 Å². The fraction of sp³-hybridized carbons (Fsp3) is 0.286. The third-order valence-electron chi connectivity index (χ3n) is 4.85. The van der Waals surface area contributed by atoms with E-state index in [1.165, 1.54) is 0 Å². The van der Waals surface area contributed by atoms with Crippen molar-refractivity contribution in [1.82, 2.24) is 10.6 Å². The molecule has 2 amide bonds. The minimum atomic E-state index is -3.99. The summed E-state index contributed by atoms with van der Waals surface area (Å²) in [5, 5.41) is 12.2. The highest BCUT2D eigenvalue weighted by atomic mass is 19.3. The molecule has 0 spiro atoms. The van der Waals surface area contributed by atoms with Crippen LogP contribution in [0.2, 0.25) is 0 Å². The summed E-state index contributed by atoms with van der Waals surface area (Å²) in [7, 11) is 0. The van der Waals surface area contributed by atoms with Gasteiger partial charge < -0.3 is 20.5 Å². The summed E-state index contributed by atoms with van der Waals surface area (Å²) in [5.41, 5.74) is 3.99. The van der Waals surface area contributed by atoms with Gasteiger partial charge in [0.15, 0.2) is 0 Å². The van der Waals surface area contributed by atoms with Crippen LogP contribution in [0.3, 0.4) is 0 Å². The molecule has 2 aromatic rings. The molecule has 0 saturated carbocycles. The third-order valence-corrected chi connectivity index (χ3v) is 4.85. The van der Waals surface area contributed by atoms with Crippen LogP contribution in [0, 0.1) is 0 Å². The number of aliphatic carboxylic acids is 1. The molecule has 1 aliphatic carbocycles. The van der Waals surface area contributed by atoms with Crippen molar-refractivity contribution < 1.29 is 33.0 Å². The Bertz CT molecular complexity index is 934. The van der Waals surface area contributed by atoms with E-state index in [9.17, 15) is 23.2 Å². The molecule has 1 atom stereocenters. The molecule has 0 radical (unpaired) electrons. The van der Waals surface area contributed by atoms with Gasteiger partial charge in [-0.1, -0.05) is 48.5 Å². The number of fused-ring (bicyclic) bond motifs is 3. The van der Waals surface area contributed by atoms with Crippen LogP contribution >= 0.6 is 0 Å². The van der Waals surface area contributed by atoms with Crippen molar-refractivity contribution in [2.75, 3.05) is 13.2 Å². The fourth-order valence-corrected chi connectivity index (χ4v) is 3.28. The Morgan fingerprint density at radius 2 is 1.60 bits per heavy atom. The molecule has 1 aliphatic rings.